The Morgan fingerprint density at radius 1 is 1.12 bits per heavy atom. The van der Waals surface area contributed by atoms with Crippen molar-refractivity contribution < 1.29 is 9.59 Å². The van der Waals surface area contributed by atoms with Crippen molar-refractivity contribution in [3.8, 4) is 0 Å². The third kappa shape index (κ3) is 4.08. The largest absolute Gasteiger partial charge is 0.354 e. The van der Waals surface area contributed by atoms with Crippen LogP contribution in [0, 0.1) is 13.8 Å². The SMILES string of the molecule is Cc1cc(C)cc(CCNC(=O)C2CCC(=O)N2c2ccccc2)c1. The average Bonchev–Trinajstić information content (AvgIpc) is 2.96. The molecule has 1 unspecified atom stereocenters. The van der Waals surface area contributed by atoms with E-state index in [1.165, 1.54) is 16.7 Å². The van der Waals surface area contributed by atoms with E-state index in [4.69, 9.17) is 0 Å². The normalized spacial score (nSPS) is 17.0. The Bertz CT molecular complexity index is 750. The first-order valence-electron chi connectivity index (χ1n) is 8.76. The standard InChI is InChI=1S/C21H24N2O2/c1-15-12-16(2)14-17(13-15)10-11-22-21(25)19-8-9-20(24)23(19)18-6-4-3-5-7-18/h3-7,12-14,19H,8-11H2,1-2H3,(H,22,25). The molecule has 25 heavy (non-hydrogen) atoms. The molecule has 0 aliphatic carbocycles. The highest BCUT2D eigenvalue weighted by molar-refractivity contribution is 6.03. The first-order chi connectivity index (χ1) is 12.0. The minimum absolute atomic E-state index is 0.0145. The van der Waals surface area contributed by atoms with Crippen molar-refractivity contribution in [2.75, 3.05) is 11.4 Å². The van der Waals surface area contributed by atoms with E-state index in [-0.39, 0.29) is 11.8 Å². The molecule has 0 saturated carbocycles. The van der Waals surface area contributed by atoms with Crippen LogP contribution in [0.5, 0.6) is 0 Å². The van der Waals surface area contributed by atoms with Crippen molar-refractivity contribution in [3.63, 3.8) is 0 Å². The predicted octanol–water partition coefficient (Wildman–Crippen LogP) is 3.16. The lowest BCUT2D eigenvalue weighted by Gasteiger charge is -2.24. The van der Waals surface area contributed by atoms with Gasteiger partial charge in [-0.3, -0.25) is 14.5 Å². The smallest absolute Gasteiger partial charge is 0.243 e. The van der Waals surface area contributed by atoms with Crippen molar-refractivity contribution in [2.45, 2.75) is 39.2 Å². The van der Waals surface area contributed by atoms with Crippen LogP contribution in [-0.2, 0) is 16.0 Å². The zero-order valence-corrected chi connectivity index (χ0v) is 14.8. The second-order valence-corrected chi connectivity index (χ2v) is 6.69. The van der Waals surface area contributed by atoms with Crippen molar-refractivity contribution in [1.29, 1.82) is 0 Å². The van der Waals surface area contributed by atoms with Gasteiger partial charge in [-0.25, -0.2) is 0 Å². The first-order valence-corrected chi connectivity index (χ1v) is 8.76. The number of carbonyl (C=O) groups is 2. The van der Waals surface area contributed by atoms with Crippen molar-refractivity contribution >= 4 is 17.5 Å². The molecule has 0 bridgehead atoms. The Morgan fingerprint density at radius 3 is 2.48 bits per heavy atom. The second-order valence-electron chi connectivity index (χ2n) is 6.69. The highest BCUT2D eigenvalue weighted by Gasteiger charge is 2.36. The molecule has 2 amide bonds. The van der Waals surface area contributed by atoms with E-state index < -0.39 is 6.04 Å². The van der Waals surface area contributed by atoms with E-state index >= 15 is 0 Å². The number of rotatable bonds is 5. The molecule has 0 radical (unpaired) electrons. The molecule has 1 saturated heterocycles. The van der Waals surface area contributed by atoms with Crippen LogP contribution in [0.25, 0.3) is 0 Å². The van der Waals surface area contributed by atoms with Gasteiger partial charge >= 0.3 is 0 Å². The summed E-state index contributed by atoms with van der Waals surface area (Å²) < 4.78 is 0. The highest BCUT2D eigenvalue weighted by atomic mass is 16.2. The van der Waals surface area contributed by atoms with Gasteiger partial charge in [0.05, 0.1) is 0 Å². The molecule has 1 atom stereocenters. The molecule has 0 aromatic heterocycles. The summed E-state index contributed by atoms with van der Waals surface area (Å²) in [7, 11) is 0. The van der Waals surface area contributed by atoms with Gasteiger partial charge in [0.15, 0.2) is 0 Å². The molecule has 1 N–H and O–H groups in total. The van der Waals surface area contributed by atoms with E-state index in [0.29, 0.717) is 19.4 Å². The first kappa shape index (κ1) is 17.2. The maximum Gasteiger partial charge on any atom is 0.243 e. The van der Waals surface area contributed by atoms with Crippen LogP contribution < -0.4 is 10.2 Å². The summed E-state index contributed by atoms with van der Waals surface area (Å²) in [5.41, 5.74) is 4.48. The van der Waals surface area contributed by atoms with E-state index in [9.17, 15) is 9.59 Å². The quantitative estimate of drug-likeness (QED) is 0.912. The summed E-state index contributed by atoms with van der Waals surface area (Å²) in [6.45, 7) is 4.74. The maximum atomic E-state index is 12.6. The number of amides is 2. The molecule has 4 nitrogen and oxygen atoms in total. The van der Waals surface area contributed by atoms with Gasteiger partial charge in [-0.05, 0) is 44.4 Å². The minimum atomic E-state index is -0.408. The summed E-state index contributed by atoms with van der Waals surface area (Å²) in [5, 5.41) is 3.00. The Balaban J connectivity index is 1.61. The van der Waals surface area contributed by atoms with E-state index in [2.05, 4.69) is 37.4 Å². The highest BCUT2D eigenvalue weighted by Crippen LogP contribution is 2.26. The molecule has 1 aliphatic heterocycles. The second kappa shape index (κ2) is 7.51. The van der Waals surface area contributed by atoms with E-state index in [1.54, 1.807) is 4.90 Å². The molecule has 4 heteroatoms. The number of hydrogen-bond acceptors (Lipinski definition) is 2. The molecule has 2 aromatic rings. The van der Waals surface area contributed by atoms with Crippen LogP contribution in [0.15, 0.2) is 48.5 Å². The van der Waals surface area contributed by atoms with Gasteiger partial charge < -0.3 is 5.32 Å². The van der Waals surface area contributed by atoms with Gasteiger partial charge in [-0.2, -0.15) is 0 Å². The van der Waals surface area contributed by atoms with Crippen LogP contribution in [0.3, 0.4) is 0 Å². The van der Waals surface area contributed by atoms with Crippen molar-refractivity contribution in [2.24, 2.45) is 0 Å². The van der Waals surface area contributed by atoms with Gasteiger partial charge in [0.25, 0.3) is 0 Å². The number of benzene rings is 2. The molecule has 130 valence electrons. The third-order valence-corrected chi connectivity index (χ3v) is 4.54. The predicted molar refractivity (Wildman–Crippen MR) is 99.6 cm³/mol. The number of carbonyl (C=O) groups excluding carboxylic acids is 2. The van der Waals surface area contributed by atoms with Gasteiger partial charge in [0.1, 0.15) is 6.04 Å². The lowest BCUT2D eigenvalue weighted by atomic mass is 10.1. The summed E-state index contributed by atoms with van der Waals surface area (Å²) in [4.78, 5) is 26.4. The summed E-state index contributed by atoms with van der Waals surface area (Å²) in [6, 6.07) is 15.5. The van der Waals surface area contributed by atoms with Crippen molar-refractivity contribution in [1.82, 2.24) is 5.32 Å². The van der Waals surface area contributed by atoms with Crippen LogP contribution in [0.1, 0.15) is 29.5 Å². The number of nitrogens with zero attached hydrogens (tertiary/aromatic N) is 1. The van der Waals surface area contributed by atoms with Gasteiger partial charge in [0, 0.05) is 18.7 Å². The third-order valence-electron chi connectivity index (χ3n) is 4.54. The molecular weight excluding hydrogens is 312 g/mol. The number of para-hydroxylation sites is 1. The monoisotopic (exact) mass is 336 g/mol. The fraction of sp³-hybridized carbons (Fsp3) is 0.333. The summed E-state index contributed by atoms with van der Waals surface area (Å²) >= 11 is 0. The lowest BCUT2D eigenvalue weighted by molar-refractivity contribution is -0.123. The van der Waals surface area contributed by atoms with E-state index in [0.717, 1.165) is 12.1 Å². The maximum absolute atomic E-state index is 12.6. The molecular formula is C21H24N2O2. The fourth-order valence-corrected chi connectivity index (χ4v) is 3.51. The molecule has 3 rings (SSSR count). The molecule has 1 fully saturated rings. The number of hydrogen-bond donors (Lipinski definition) is 1. The Hall–Kier alpha value is -2.62. The Labute approximate surface area is 148 Å². The zero-order valence-electron chi connectivity index (χ0n) is 14.8. The Morgan fingerprint density at radius 2 is 1.80 bits per heavy atom. The van der Waals surface area contributed by atoms with Crippen LogP contribution in [-0.4, -0.2) is 24.4 Å². The van der Waals surface area contributed by atoms with Gasteiger partial charge in [-0.15, -0.1) is 0 Å². The average molecular weight is 336 g/mol. The summed E-state index contributed by atoms with van der Waals surface area (Å²) in [5.74, 6) is -0.0558. The van der Waals surface area contributed by atoms with Crippen molar-refractivity contribution in [3.05, 3.63) is 65.2 Å². The minimum Gasteiger partial charge on any atom is -0.354 e. The topological polar surface area (TPSA) is 49.4 Å². The van der Waals surface area contributed by atoms with E-state index in [1.807, 2.05) is 30.3 Å². The molecule has 1 heterocycles. The zero-order chi connectivity index (χ0) is 17.8. The molecule has 2 aromatic carbocycles. The molecule has 0 spiro atoms. The van der Waals surface area contributed by atoms with Crippen LogP contribution >= 0.6 is 0 Å². The fourth-order valence-electron chi connectivity index (χ4n) is 3.51. The lowest BCUT2D eigenvalue weighted by Crippen LogP contribution is -2.45. The van der Waals surface area contributed by atoms with Gasteiger partial charge in [-0.1, -0.05) is 47.5 Å². The van der Waals surface area contributed by atoms with Gasteiger partial charge in [0.2, 0.25) is 11.8 Å². The number of nitrogens with one attached hydrogen (secondary N) is 1. The molecule has 1 aliphatic rings. The Kier molecular flexibility index (Phi) is 5.17. The summed E-state index contributed by atoms with van der Waals surface area (Å²) in [6.07, 6.45) is 1.79. The number of aryl methyl sites for hydroxylation is 2. The van der Waals surface area contributed by atoms with Crippen LogP contribution in [0.4, 0.5) is 5.69 Å². The van der Waals surface area contributed by atoms with Crippen LogP contribution in [0.2, 0.25) is 0 Å². The number of anilines is 1.